The number of benzene rings is 2. The second-order valence-corrected chi connectivity index (χ2v) is 6.88. The summed E-state index contributed by atoms with van der Waals surface area (Å²) in [6, 6.07) is 10.7. The summed E-state index contributed by atoms with van der Waals surface area (Å²) >= 11 is 0. The smallest absolute Gasteiger partial charge is 0.342 e. The van der Waals surface area contributed by atoms with E-state index < -0.39 is 11.9 Å². The number of aryl methyl sites for hydroxylation is 1. The lowest BCUT2D eigenvalue weighted by atomic mass is 10.1. The van der Waals surface area contributed by atoms with Crippen molar-refractivity contribution in [3.05, 3.63) is 47.5 Å². The molecule has 0 atom stereocenters. The largest absolute Gasteiger partial charge is 0.497 e. The molecule has 1 aliphatic rings. The molecular formula is C22H26N2O5. The number of carbonyl (C=O) groups excluding carboxylic acids is 2. The Morgan fingerprint density at radius 1 is 1.03 bits per heavy atom. The van der Waals surface area contributed by atoms with Crippen LogP contribution in [0.3, 0.4) is 0 Å². The lowest BCUT2D eigenvalue weighted by Crippen LogP contribution is -2.22. The molecule has 3 rings (SSSR count). The highest BCUT2D eigenvalue weighted by Crippen LogP contribution is 2.26. The second-order valence-electron chi connectivity index (χ2n) is 6.88. The quantitative estimate of drug-likeness (QED) is 0.721. The van der Waals surface area contributed by atoms with E-state index in [9.17, 15) is 9.59 Å². The third-order valence-corrected chi connectivity index (χ3v) is 4.92. The summed E-state index contributed by atoms with van der Waals surface area (Å²) in [7, 11) is 2.98. The predicted molar refractivity (Wildman–Crippen MR) is 111 cm³/mol. The Morgan fingerprint density at radius 2 is 1.79 bits per heavy atom. The van der Waals surface area contributed by atoms with Gasteiger partial charge in [0.15, 0.2) is 6.61 Å². The molecule has 2 aromatic rings. The summed E-state index contributed by atoms with van der Waals surface area (Å²) in [6.07, 6.45) is 2.42. The van der Waals surface area contributed by atoms with Crippen molar-refractivity contribution in [1.82, 2.24) is 0 Å². The monoisotopic (exact) mass is 398 g/mol. The molecule has 0 bridgehead atoms. The zero-order valence-electron chi connectivity index (χ0n) is 17.0. The van der Waals surface area contributed by atoms with Gasteiger partial charge in [-0.15, -0.1) is 0 Å². The lowest BCUT2D eigenvalue weighted by molar-refractivity contribution is -0.119. The van der Waals surface area contributed by atoms with Gasteiger partial charge in [-0.1, -0.05) is 0 Å². The lowest BCUT2D eigenvalue weighted by Gasteiger charge is -2.19. The van der Waals surface area contributed by atoms with Crippen LogP contribution in [0.4, 0.5) is 11.4 Å². The highest BCUT2D eigenvalue weighted by molar-refractivity contribution is 5.97. The molecule has 0 spiro atoms. The minimum absolute atomic E-state index is 0.229. The molecule has 1 heterocycles. The SMILES string of the molecule is COc1ccc(C(=O)OCC(=O)Nc2ccc(N3CCCC3)cc2C)c(OC)c1. The number of rotatable bonds is 7. The number of methoxy groups -OCH3 is 2. The third-order valence-electron chi connectivity index (χ3n) is 4.92. The molecule has 1 saturated heterocycles. The second kappa shape index (κ2) is 9.32. The maximum Gasteiger partial charge on any atom is 0.342 e. The van der Waals surface area contributed by atoms with Crippen LogP contribution in [0.15, 0.2) is 36.4 Å². The predicted octanol–water partition coefficient (Wildman–Crippen LogP) is 3.41. The third kappa shape index (κ3) is 4.99. The van der Waals surface area contributed by atoms with Gasteiger partial charge in [0.1, 0.15) is 17.1 Å². The molecule has 1 amide bonds. The molecule has 29 heavy (non-hydrogen) atoms. The molecule has 0 saturated carbocycles. The fraction of sp³-hybridized carbons (Fsp3) is 0.364. The summed E-state index contributed by atoms with van der Waals surface area (Å²) in [5.74, 6) is -0.157. The molecule has 0 radical (unpaired) electrons. The van der Waals surface area contributed by atoms with Crippen LogP contribution >= 0.6 is 0 Å². The Morgan fingerprint density at radius 3 is 2.45 bits per heavy atom. The molecule has 1 N–H and O–H groups in total. The highest BCUT2D eigenvalue weighted by atomic mass is 16.5. The van der Waals surface area contributed by atoms with Crippen molar-refractivity contribution in [1.29, 1.82) is 0 Å². The van der Waals surface area contributed by atoms with Crippen LogP contribution in [0, 0.1) is 6.92 Å². The van der Waals surface area contributed by atoms with E-state index in [1.54, 1.807) is 18.2 Å². The van der Waals surface area contributed by atoms with Crippen LogP contribution in [0.2, 0.25) is 0 Å². The number of esters is 1. The van der Waals surface area contributed by atoms with Crippen molar-refractivity contribution in [2.24, 2.45) is 0 Å². The van der Waals surface area contributed by atoms with Crippen molar-refractivity contribution in [3.8, 4) is 11.5 Å². The number of hydrogen-bond acceptors (Lipinski definition) is 6. The van der Waals surface area contributed by atoms with Gasteiger partial charge in [0, 0.05) is 30.5 Å². The van der Waals surface area contributed by atoms with E-state index in [4.69, 9.17) is 14.2 Å². The average Bonchev–Trinajstić information content (AvgIpc) is 3.27. The van der Waals surface area contributed by atoms with Crippen LogP contribution in [0.5, 0.6) is 11.5 Å². The van der Waals surface area contributed by atoms with Gasteiger partial charge in [-0.3, -0.25) is 4.79 Å². The number of carbonyl (C=O) groups is 2. The van der Waals surface area contributed by atoms with Crippen molar-refractivity contribution in [2.45, 2.75) is 19.8 Å². The van der Waals surface area contributed by atoms with Crippen molar-refractivity contribution in [3.63, 3.8) is 0 Å². The fourth-order valence-corrected chi connectivity index (χ4v) is 3.32. The number of ether oxygens (including phenoxy) is 3. The molecule has 0 aliphatic carbocycles. The van der Waals surface area contributed by atoms with Crippen molar-refractivity contribution in [2.75, 3.05) is 44.1 Å². The molecule has 1 fully saturated rings. The Labute approximate surface area is 170 Å². The van der Waals surface area contributed by atoms with E-state index in [1.165, 1.54) is 27.1 Å². The summed E-state index contributed by atoms with van der Waals surface area (Å²) in [6.45, 7) is 3.69. The van der Waals surface area contributed by atoms with Gasteiger partial charge >= 0.3 is 5.97 Å². The summed E-state index contributed by atoms with van der Waals surface area (Å²) in [5.41, 5.74) is 3.06. The molecule has 154 valence electrons. The van der Waals surface area contributed by atoms with Crippen LogP contribution in [-0.4, -0.2) is 45.8 Å². The van der Waals surface area contributed by atoms with E-state index in [2.05, 4.69) is 16.3 Å². The molecule has 7 nitrogen and oxygen atoms in total. The number of amides is 1. The molecule has 0 aromatic heterocycles. The number of hydrogen-bond donors (Lipinski definition) is 1. The summed E-state index contributed by atoms with van der Waals surface area (Å²) in [5, 5.41) is 2.80. The van der Waals surface area contributed by atoms with E-state index >= 15 is 0 Å². The van der Waals surface area contributed by atoms with Crippen molar-refractivity contribution >= 4 is 23.3 Å². The summed E-state index contributed by atoms with van der Waals surface area (Å²) < 4.78 is 15.4. The first kappa shape index (κ1) is 20.5. The molecule has 7 heteroatoms. The first-order valence-electron chi connectivity index (χ1n) is 9.56. The first-order valence-corrected chi connectivity index (χ1v) is 9.56. The Balaban J connectivity index is 1.58. The van der Waals surface area contributed by atoms with Gasteiger partial charge in [0.2, 0.25) is 0 Å². The zero-order chi connectivity index (χ0) is 20.8. The van der Waals surface area contributed by atoms with Crippen molar-refractivity contribution < 1.29 is 23.8 Å². The maximum atomic E-state index is 12.3. The molecule has 2 aromatic carbocycles. The standard InChI is InChI=1S/C22H26N2O5/c1-15-12-16(24-10-4-5-11-24)6-9-19(15)23-21(25)14-29-22(26)18-8-7-17(27-2)13-20(18)28-3/h6-9,12-13H,4-5,10-11,14H2,1-3H3,(H,23,25). The van der Waals surface area contributed by atoms with Gasteiger partial charge in [-0.25, -0.2) is 4.79 Å². The first-order chi connectivity index (χ1) is 14.0. The Kier molecular flexibility index (Phi) is 6.59. The number of anilines is 2. The number of nitrogens with zero attached hydrogens (tertiary/aromatic N) is 1. The Hall–Kier alpha value is -3.22. The van der Waals surface area contributed by atoms with Gasteiger partial charge in [0.05, 0.1) is 14.2 Å². The van der Waals surface area contributed by atoms with E-state index in [1.807, 2.05) is 19.1 Å². The topological polar surface area (TPSA) is 77.1 Å². The Bertz CT molecular complexity index is 891. The maximum absolute atomic E-state index is 12.3. The van der Waals surface area contributed by atoms with E-state index in [0.29, 0.717) is 17.2 Å². The normalized spacial score (nSPS) is 13.1. The van der Waals surface area contributed by atoms with Gasteiger partial charge < -0.3 is 24.4 Å². The van der Waals surface area contributed by atoms with Gasteiger partial charge in [-0.2, -0.15) is 0 Å². The minimum atomic E-state index is -0.638. The minimum Gasteiger partial charge on any atom is -0.497 e. The van der Waals surface area contributed by atoms with E-state index in [0.717, 1.165) is 24.3 Å². The van der Waals surface area contributed by atoms with Crippen LogP contribution in [0.25, 0.3) is 0 Å². The van der Waals surface area contributed by atoms with Crippen LogP contribution in [-0.2, 0) is 9.53 Å². The zero-order valence-corrected chi connectivity index (χ0v) is 17.0. The number of nitrogens with one attached hydrogen (secondary N) is 1. The molecular weight excluding hydrogens is 372 g/mol. The molecule has 0 unspecified atom stereocenters. The van der Waals surface area contributed by atoms with Gasteiger partial charge in [-0.05, 0) is 55.7 Å². The van der Waals surface area contributed by atoms with E-state index in [-0.39, 0.29) is 12.2 Å². The van der Waals surface area contributed by atoms with Crippen LogP contribution < -0.4 is 19.7 Å². The average molecular weight is 398 g/mol. The fourth-order valence-electron chi connectivity index (χ4n) is 3.32. The summed E-state index contributed by atoms with van der Waals surface area (Å²) in [4.78, 5) is 26.9. The van der Waals surface area contributed by atoms with Crippen LogP contribution in [0.1, 0.15) is 28.8 Å². The highest BCUT2D eigenvalue weighted by Gasteiger charge is 2.17. The van der Waals surface area contributed by atoms with Gasteiger partial charge in [0.25, 0.3) is 5.91 Å². The molecule has 1 aliphatic heterocycles.